The summed E-state index contributed by atoms with van der Waals surface area (Å²) in [5, 5.41) is 5.68. The van der Waals surface area contributed by atoms with E-state index in [1.165, 1.54) is 0 Å². The van der Waals surface area contributed by atoms with Crippen molar-refractivity contribution in [2.24, 2.45) is 5.92 Å². The molecule has 6 nitrogen and oxygen atoms in total. The first kappa shape index (κ1) is 21.3. The van der Waals surface area contributed by atoms with Crippen LogP contribution >= 0.6 is 0 Å². The highest BCUT2D eigenvalue weighted by molar-refractivity contribution is 7.89. The number of anilines is 1. The molecule has 0 aromatic heterocycles. The van der Waals surface area contributed by atoms with Crippen LogP contribution in [0.25, 0.3) is 0 Å². The second kappa shape index (κ2) is 9.41. The average Bonchev–Trinajstić information content (AvgIpc) is 2.74. The fourth-order valence-electron chi connectivity index (χ4n) is 3.51. The molecule has 1 atom stereocenters. The molecule has 3 rings (SSSR count). The smallest absolute Gasteiger partial charge is 0.319 e. The number of hydrogen-bond acceptors (Lipinski definition) is 3. The molecule has 7 heteroatoms. The standard InChI is InChI=1S/C22H29N3O3S/c1-3-18-8-12-21(13-9-18)29(27,28)25-14-4-5-19(16-25)15-23-22(26)24-20-10-6-17(2)7-11-20/h6-13,19H,3-5,14-16H2,1-2H3,(H2,23,24,26). The quantitative estimate of drug-likeness (QED) is 0.754. The third kappa shape index (κ3) is 5.58. The van der Waals surface area contributed by atoms with Crippen LogP contribution in [0.2, 0.25) is 0 Å². The van der Waals surface area contributed by atoms with E-state index in [0.29, 0.717) is 24.5 Å². The number of carbonyl (C=O) groups is 1. The molecule has 2 aromatic rings. The van der Waals surface area contributed by atoms with Crippen molar-refractivity contribution < 1.29 is 13.2 Å². The van der Waals surface area contributed by atoms with E-state index in [-0.39, 0.29) is 11.9 Å². The number of hydrogen-bond donors (Lipinski definition) is 2. The number of rotatable bonds is 6. The molecule has 0 radical (unpaired) electrons. The molecule has 2 amide bonds. The number of aryl methyl sites for hydroxylation is 2. The third-order valence-electron chi connectivity index (χ3n) is 5.31. The first-order valence-corrected chi connectivity index (χ1v) is 11.5. The van der Waals surface area contributed by atoms with Gasteiger partial charge < -0.3 is 10.6 Å². The first-order chi connectivity index (χ1) is 13.9. The Kier molecular flexibility index (Phi) is 6.92. The van der Waals surface area contributed by atoms with Gasteiger partial charge in [-0.2, -0.15) is 4.31 Å². The van der Waals surface area contributed by atoms with Gasteiger partial charge >= 0.3 is 6.03 Å². The van der Waals surface area contributed by atoms with E-state index >= 15 is 0 Å². The molecule has 29 heavy (non-hydrogen) atoms. The van der Waals surface area contributed by atoms with Gasteiger partial charge in [-0.1, -0.05) is 36.8 Å². The lowest BCUT2D eigenvalue weighted by atomic mass is 10.00. The summed E-state index contributed by atoms with van der Waals surface area (Å²) in [6, 6.07) is 14.4. The van der Waals surface area contributed by atoms with Crippen molar-refractivity contribution in [3.63, 3.8) is 0 Å². The summed E-state index contributed by atoms with van der Waals surface area (Å²) in [6.07, 6.45) is 2.56. The van der Waals surface area contributed by atoms with Gasteiger partial charge in [0.05, 0.1) is 4.90 Å². The van der Waals surface area contributed by atoms with Crippen LogP contribution < -0.4 is 10.6 Å². The van der Waals surface area contributed by atoms with E-state index in [1.54, 1.807) is 16.4 Å². The fraction of sp³-hybridized carbons (Fsp3) is 0.409. The van der Waals surface area contributed by atoms with Crippen molar-refractivity contribution >= 4 is 21.7 Å². The molecule has 1 aliphatic rings. The van der Waals surface area contributed by atoms with Crippen molar-refractivity contribution in [2.75, 3.05) is 25.0 Å². The molecule has 2 aromatic carbocycles. The van der Waals surface area contributed by atoms with Gasteiger partial charge in [0, 0.05) is 25.3 Å². The topological polar surface area (TPSA) is 78.5 Å². The van der Waals surface area contributed by atoms with E-state index in [1.807, 2.05) is 50.2 Å². The summed E-state index contributed by atoms with van der Waals surface area (Å²) in [7, 11) is -3.51. The molecule has 156 valence electrons. The van der Waals surface area contributed by atoms with E-state index in [2.05, 4.69) is 10.6 Å². The molecule has 2 N–H and O–H groups in total. The first-order valence-electron chi connectivity index (χ1n) is 10.1. The number of nitrogens with zero attached hydrogens (tertiary/aromatic N) is 1. The Morgan fingerprint density at radius 1 is 1.10 bits per heavy atom. The highest BCUT2D eigenvalue weighted by atomic mass is 32.2. The van der Waals surface area contributed by atoms with Gasteiger partial charge in [-0.25, -0.2) is 13.2 Å². The summed E-state index contributed by atoms with van der Waals surface area (Å²) in [4.78, 5) is 12.5. The fourth-order valence-corrected chi connectivity index (χ4v) is 5.06. The van der Waals surface area contributed by atoms with Gasteiger partial charge in [0.2, 0.25) is 10.0 Å². The minimum Gasteiger partial charge on any atom is -0.338 e. The number of nitrogens with one attached hydrogen (secondary N) is 2. The number of sulfonamides is 1. The Bertz CT molecular complexity index is 925. The van der Waals surface area contributed by atoms with Crippen molar-refractivity contribution in [3.05, 3.63) is 59.7 Å². The van der Waals surface area contributed by atoms with Gasteiger partial charge in [0.1, 0.15) is 0 Å². The predicted octanol–water partition coefficient (Wildman–Crippen LogP) is 3.78. The summed E-state index contributed by atoms with van der Waals surface area (Å²) in [5.41, 5.74) is 2.98. The van der Waals surface area contributed by atoms with Crippen molar-refractivity contribution in [1.82, 2.24) is 9.62 Å². The zero-order valence-electron chi connectivity index (χ0n) is 17.0. The minimum absolute atomic E-state index is 0.0946. The number of carbonyl (C=O) groups excluding carboxylic acids is 1. The van der Waals surface area contributed by atoms with E-state index in [9.17, 15) is 13.2 Å². The maximum Gasteiger partial charge on any atom is 0.319 e. The van der Waals surface area contributed by atoms with Crippen LogP contribution in [0, 0.1) is 12.8 Å². The Morgan fingerprint density at radius 3 is 2.45 bits per heavy atom. The van der Waals surface area contributed by atoms with E-state index in [4.69, 9.17) is 0 Å². The van der Waals surface area contributed by atoms with Gasteiger partial charge in [-0.15, -0.1) is 0 Å². The summed E-state index contributed by atoms with van der Waals surface area (Å²) >= 11 is 0. The monoisotopic (exact) mass is 415 g/mol. The van der Waals surface area contributed by atoms with Gasteiger partial charge in [0.15, 0.2) is 0 Å². The highest BCUT2D eigenvalue weighted by Gasteiger charge is 2.30. The van der Waals surface area contributed by atoms with Crippen molar-refractivity contribution in [2.45, 2.75) is 38.0 Å². The SMILES string of the molecule is CCc1ccc(S(=O)(=O)N2CCCC(CNC(=O)Nc3ccc(C)cc3)C2)cc1. The maximum atomic E-state index is 13.0. The predicted molar refractivity (Wildman–Crippen MR) is 116 cm³/mol. The number of piperidine rings is 1. The maximum absolute atomic E-state index is 13.0. The van der Waals surface area contributed by atoms with Crippen LogP contribution in [0.15, 0.2) is 53.4 Å². The Balaban J connectivity index is 1.55. The second-order valence-corrected chi connectivity index (χ2v) is 9.51. The van der Waals surface area contributed by atoms with Crippen molar-refractivity contribution in [1.29, 1.82) is 0 Å². The number of benzene rings is 2. The average molecular weight is 416 g/mol. The number of urea groups is 1. The molecule has 1 unspecified atom stereocenters. The molecule has 0 spiro atoms. The van der Waals surface area contributed by atoms with Crippen LogP contribution in [0.4, 0.5) is 10.5 Å². The lowest BCUT2D eigenvalue weighted by molar-refractivity contribution is 0.238. The summed E-state index contributed by atoms with van der Waals surface area (Å²) < 4.78 is 27.5. The minimum atomic E-state index is -3.51. The van der Waals surface area contributed by atoms with Gasteiger partial charge in [-0.05, 0) is 61.9 Å². The lowest BCUT2D eigenvalue weighted by Gasteiger charge is -2.32. The molecule has 1 fully saturated rings. The van der Waals surface area contributed by atoms with Crippen LogP contribution in [0.5, 0.6) is 0 Å². The zero-order chi connectivity index (χ0) is 20.9. The molecular formula is C22H29N3O3S. The lowest BCUT2D eigenvalue weighted by Crippen LogP contribution is -2.44. The largest absolute Gasteiger partial charge is 0.338 e. The van der Waals surface area contributed by atoms with Gasteiger partial charge in [-0.3, -0.25) is 0 Å². The zero-order valence-corrected chi connectivity index (χ0v) is 17.8. The Hall–Kier alpha value is -2.38. The summed E-state index contributed by atoms with van der Waals surface area (Å²) in [5.74, 6) is 0.0946. The molecule has 0 aliphatic carbocycles. The third-order valence-corrected chi connectivity index (χ3v) is 7.19. The number of amides is 2. The van der Waals surface area contributed by atoms with Crippen LogP contribution in [0.3, 0.4) is 0 Å². The summed E-state index contributed by atoms with van der Waals surface area (Å²) in [6.45, 7) is 5.41. The van der Waals surface area contributed by atoms with E-state index < -0.39 is 10.0 Å². The van der Waals surface area contributed by atoms with Crippen LogP contribution in [0.1, 0.15) is 30.9 Å². The molecular weight excluding hydrogens is 386 g/mol. The molecule has 1 saturated heterocycles. The highest BCUT2D eigenvalue weighted by Crippen LogP contribution is 2.24. The van der Waals surface area contributed by atoms with Gasteiger partial charge in [0.25, 0.3) is 0 Å². The molecule has 1 heterocycles. The van der Waals surface area contributed by atoms with Crippen LogP contribution in [-0.2, 0) is 16.4 Å². The molecule has 0 bridgehead atoms. The van der Waals surface area contributed by atoms with Crippen molar-refractivity contribution in [3.8, 4) is 0 Å². The Labute approximate surface area is 173 Å². The molecule has 0 saturated carbocycles. The second-order valence-electron chi connectivity index (χ2n) is 7.57. The normalized spacial score (nSPS) is 17.7. The molecule has 1 aliphatic heterocycles. The van der Waals surface area contributed by atoms with E-state index in [0.717, 1.165) is 36.1 Å². The van der Waals surface area contributed by atoms with Crippen LogP contribution in [-0.4, -0.2) is 38.4 Å². The Morgan fingerprint density at radius 2 is 1.79 bits per heavy atom.